The van der Waals surface area contributed by atoms with Crippen molar-refractivity contribution in [3.05, 3.63) is 0 Å². The number of nitrogens with one attached hydrogen (secondary N) is 1. The molecule has 0 amide bonds. The van der Waals surface area contributed by atoms with Gasteiger partial charge in [0.2, 0.25) is 0 Å². The third kappa shape index (κ3) is 2.91. The van der Waals surface area contributed by atoms with Crippen LogP contribution in [0.15, 0.2) is 0 Å². The van der Waals surface area contributed by atoms with Gasteiger partial charge in [-0.05, 0) is 39.2 Å². The topological polar surface area (TPSA) is 21.3 Å². The van der Waals surface area contributed by atoms with Gasteiger partial charge in [-0.1, -0.05) is 6.42 Å². The first-order valence-corrected chi connectivity index (χ1v) is 6.18. The summed E-state index contributed by atoms with van der Waals surface area (Å²) in [6.07, 6.45) is 5.16. The van der Waals surface area contributed by atoms with Gasteiger partial charge in [0.15, 0.2) is 0 Å². The summed E-state index contributed by atoms with van der Waals surface area (Å²) in [4.78, 5) is 0. The molecule has 3 heteroatoms. The van der Waals surface area contributed by atoms with E-state index in [0.29, 0.717) is 19.1 Å². The van der Waals surface area contributed by atoms with Crippen LogP contribution >= 0.6 is 0 Å². The summed E-state index contributed by atoms with van der Waals surface area (Å²) in [5.74, 6) is 0.112. The number of halogens is 1. The average Bonchev–Trinajstić information content (AvgIpc) is 2.71. The third-order valence-corrected chi connectivity index (χ3v) is 3.84. The van der Waals surface area contributed by atoms with Crippen molar-refractivity contribution in [3.63, 3.8) is 0 Å². The average molecular weight is 215 g/mol. The molecule has 0 spiro atoms. The molecule has 2 heterocycles. The van der Waals surface area contributed by atoms with Gasteiger partial charge >= 0.3 is 0 Å². The SMILES string of the molecule is CC(F)(CC1CCCCN1)C1CCOC1. The van der Waals surface area contributed by atoms with E-state index in [1.807, 2.05) is 0 Å². The first kappa shape index (κ1) is 11.3. The van der Waals surface area contributed by atoms with Crippen molar-refractivity contribution >= 4 is 0 Å². The van der Waals surface area contributed by atoms with Gasteiger partial charge < -0.3 is 10.1 Å². The maximum Gasteiger partial charge on any atom is 0.114 e. The molecular formula is C12H22FNO. The van der Waals surface area contributed by atoms with Crippen molar-refractivity contribution in [1.82, 2.24) is 5.32 Å². The molecule has 0 aliphatic carbocycles. The highest BCUT2D eigenvalue weighted by molar-refractivity contribution is 4.90. The van der Waals surface area contributed by atoms with Crippen LogP contribution in [0.4, 0.5) is 4.39 Å². The van der Waals surface area contributed by atoms with E-state index in [1.165, 1.54) is 12.8 Å². The van der Waals surface area contributed by atoms with Gasteiger partial charge in [-0.2, -0.15) is 0 Å². The summed E-state index contributed by atoms with van der Waals surface area (Å²) < 4.78 is 19.7. The van der Waals surface area contributed by atoms with Crippen LogP contribution in [0.1, 0.15) is 39.0 Å². The van der Waals surface area contributed by atoms with Crippen molar-refractivity contribution in [2.75, 3.05) is 19.8 Å². The van der Waals surface area contributed by atoms with Crippen molar-refractivity contribution in [3.8, 4) is 0 Å². The molecule has 2 saturated heterocycles. The van der Waals surface area contributed by atoms with Crippen molar-refractivity contribution < 1.29 is 9.13 Å². The largest absolute Gasteiger partial charge is 0.381 e. The second-order valence-corrected chi connectivity index (χ2v) is 5.19. The molecule has 0 bridgehead atoms. The van der Waals surface area contributed by atoms with E-state index >= 15 is 0 Å². The van der Waals surface area contributed by atoms with Crippen LogP contribution in [0.25, 0.3) is 0 Å². The molecule has 3 unspecified atom stereocenters. The monoisotopic (exact) mass is 215 g/mol. The molecule has 0 aromatic rings. The Morgan fingerprint density at radius 1 is 1.40 bits per heavy atom. The predicted octanol–water partition coefficient (Wildman–Crippen LogP) is 2.28. The van der Waals surface area contributed by atoms with Gasteiger partial charge in [0.05, 0.1) is 6.61 Å². The first-order chi connectivity index (χ1) is 7.18. The zero-order chi connectivity index (χ0) is 10.7. The fourth-order valence-corrected chi connectivity index (χ4v) is 2.76. The molecule has 2 rings (SSSR count). The lowest BCUT2D eigenvalue weighted by Gasteiger charge is -2.33. The van der Waals surface area contributed by atoms with E-state index in [0.717, 1.165) is 26.0 Å². The number of piperidine rings is 1. The minimum atomic E-state index is -1.05. The Morgan fingerprint density at radius 3 is 2.87 bits per heavy atom. The van der Waals surface area contributed by atoms with Crippen LogP contribution in [-0.2, 0) is 4.74 Å². The summed E-state index contributed by atoms with van der Waals surface area (Å²) in [6.45, 7) is 4.16. The summed E-state index contributed by atoms with van der Waals surface area (Å²) >= 11 is 0. The fraction of sp³-hybridized carbons (Fsp3) is 1.00. The maximum absolute atomic E-state index is 14.5. The molecule has 2 fully saturated rings. The van der Waals surface area contributed by atoms with Crippen molar-refractivity contribution in [2.45, 2.75) is 50.7 Å². The molecule has 0 radical (unpaired) electrons. The first-order valence-electron chi connectivity index (χ1n) is 6.18. The predicted molar refractivity (Wildman–Crippen MR) is 58.7 cm³/mol. The molecule has 2 nitrogen and oxygen atoms in total. The lowest BCUT2D eigenvalue weighted by molar-refractivity contribution is 0.0618. The van der Waals surface area contributed by atoms with Gasteiger partial charge in [0, 0.05) is 18.6 Å². The van der Waals surface area contributed by atoms with E-state index in [-0.39, 0.29) is 5.92 Å². The molecule has 3 atom stereocenters. The fourth-order valence-electron chi connectivity index (χ4n) is 2.76. The Balaban J connectivity index is 1.84. The Morgan fingerprint density at radius 2 is 2.27 bits per heavy atom. The molecule has 1 N–H and O–H groups in total. The molecular weight excluding hydrogens is 193 g/mol. The van der Waals surface area contributed by atoms with Crippen LogP contribution in [0.5, 0.6) is 0 Å². The summed E-state index contributed by atoms with van der Waals surface area (Å²) in [7, 11) is 0. The highest BCUT2D eigenvalue weighted by Crippen LogP contribution is 2.34. The lowest BCUT2D eigenvalue weighted by atomic mass is 9.83. The Bertz CT molecular complexity index is 196. The van der Waals surface area contributed by atoms with E-state index in [4.69, 9.17) is 4.74 Å². The minimum absolute atomic E-state index is 0.112. The van der Waals surface area contributed by atoms with E-state index in [1.54, 1.807) is 6.92 Å². The molecule has 2 aliphatic rings. The quantitative estimate of drug-likeness (QED) is 0.780. The maximum atomic E-state index is 14.5. The van der Waals surface area contributed by atoms with E-state index < -0.39 is 5.67 Å². The van der Waals surface area contributed by atoms with Gasteiger partial charge in [-0.15, -0.1) is 0 Å². The second kappa shape index (κ2) is 4.79. The Kier molecular flexibility index (Phi) is 3.62. The summed E-state index contributed by atoms with van der Waals surface area (Å²) in [6, 6.07) is 0.384. The molecule has 15 heavy (non-hydrogen) atoms. The smallest absolute Gasteiger partial charge is 0.114 e. The highest BCUT2D eigenvalue weighted by Gasteiger charge is 2.38. The van der Waals surface area contributed by atoms with Crippen molar-refractivity contribution in [2.24, 2.45) is 5.92 Å². The number of alkyl halides is 1. The number of rotatable bonds is 3. The number of hydrogen-bond acceptors (Lipinski definition) is 2. The van der Waals surface area contributed by atoms with Crippen LogP contribution in [0.3, 0.4) is 0 Å². The van der Waals surface area contributed by atoms with Crippen LogP contribution in [0.2, 0.25) is 0 Å². The zero-order valence-corrected chi connectivity index (χ0v) is 9.60. The summed E-state index contributed by atoms with van der Waals surface area (Å²) in [5.41, 5.74) is -1.05. The van der Waals surface area contributed by atoms with Gasteiger partial charge in [0.25, 0.3) is 0 Å². The highest BCUT2D eigenvalue weighted by atomic mass is 19.1. The zero-order valence-electron chi connectivity index (χ0n) is 9.60. The van der Waals surface area contributed by atoms with E-state index in [9.17, 15) is 4.39 Å². The minimum Gasteiger partial charge on any atom is -0.381 e. The second-order valence-electron chi connectivity index (χ2n) is 5.19. The summed E-state index contributed by atoms with van der Waals surface area (Å²) in [5, 5.41) is 3.42. The molecule has 0 aromatic carbocycles. The van der Waals surface area contributed by atoms with Crippen LogP contribution in [0, 0.1) is 5.92 Å². The molecule has 2 aliphatic heterocycles. The van der Waals surface area contributed by atoms with Gasteiger partial charge in [-0.25, -0.2) is 4.39 Å². The van der Waals surface area contributed by atoms with Gasteiger partial charge in [0.1, 0.15) is 5.67 Å². The molecule has 0 aromatic heterocycles. The molecule has 0 saturated carbocycles. The number of ether oxygens (including phenoxy) is 1. The Labute approximate surface area is 91.6 Å². The van der Waals surface area contributed by atoms with Crippen LogP contribution in [-0.4, -0.2) is 31.5 Å². The number of hydrogen-bond donors (Lipinski definition) is 1. The Hall–Kier alpha value is -0.150. The third-order valence-electron chi connectivity index (χ3n) is 3.84. The van der Waals surface area contributed by atoms with Crippen molar-refractivity contribution in [1.29, 1.82) is 0 Å². The standard InChI is InChI=1S/C12H22FNO/c1-12(13,10-5-7-15-9-10)8-11-4-2-3-6-14-11/h10-11,14H,2-9H2,1H3. The lowest BCUT2D eigenvalue weighted by Crippen LogP contribution is -2.42. The normalized spacial score (nSPS) is 36.4. The van der Waals surface area contributed by atoms with Gasteiger partial charge in [-0.3, -0.25) is 0 Å². The van der Waals surface area contributed by atoms with E-state index in [2.05, 4.69) is 5.32 Å². The molecule has 88 valence electrons. The van der Waals surface area contributed by atoms with Crippen LogP contribution < -0.4 is 5.32 Å².